The molecule has 1 N–H and O–H groups in total. The third-order valence-corrected chi connectivity index (χ3v) is 2.90. The molecule has 0 saturated heterocycles. The summed E-state index contributed by atoms with van der Waals surface area (Å²) in [4.78, 5) is 4.35. The minimum absolute atomic E-state index is 0.587. The Morgan fingerprint density at radius 1 is 1.15 bits per heavy atom. The highest BCUT2D eigenvalue weighted by atomic mass is 16.5. The highest BCUT2D eigenvalue weighted by molar-refractivity contribution is 5.23. The molecule has 0 bridgehead atoms. The predicted molar refractivity (Wildman–Crippen MR) is 81.6 cm³/mol. The third-order valence-electron chi connectivity index (χ3n) is 2.90. The molecule has 0 unspecified atom stereocenters. The molecule has 106 valence electrons. The third kappa shape index (κ3) is 5.02. The van der Waals surface area contributed by atoms with Crippen molar-refractivity contribution in [1.82, 2.24) is 10.3 Å². The maximum Gasteiger partial charge on any atom is 0.123 e. The Balaban J connectivity index is 1.86. The van der Waals surface area contributed by atoms with Crippen LogP contribution in [0.3, 0.4) is 0 Å². The Morgan fingerprint density at radius 2 is 1.95 bits per heavy atom. The average molecular weight is 270 g/mol. The Morgan fingerprint density at radius 3 is 2.70 bits per heavy atom. The fraction of sp³-hybridized carbons (Fsp3) is 0.353. The molecule has 0 fully saturated rings. The maximum absolute atomic E-state index is 5.79. The molecule has 1 aromatic carbocycles. The number of benzene rings is 1. The fourth-order valence-electron chi connectivity index (χ4n) is 1.87. The number of hydrogen-bond donors (Lipinski definition) is 1. The zero-order valence-electron chi connectivity index (χ0n) is 12.2. The molecular weight excluding hydrogens is 248 g/mol. The van der Waals surface area contributed by atoms with E-state index in [9.17, 15) is 0 Å². The van der Waals surface area contributed by atoms with Crippen LogP contribution < -0.4 is 10.1 Å². The van der Waals surface area contributed by atoms with E-state index >= 15 is 0 Å². The molecular formula is C17H22N2O. The van der Waals surface area contributed by atoms with Crippen LogP contribution in [0.4, 0.5) is 0 Å². The van der Waals surface area contributed by atoms with Crippen molar-refractivity contribution in [2.45, 2.75) is 27.0 Å². The lowest BCUT2D eigenvalue weighted by Crippen LogP contribution is -2.19. The molecule has 0 radical (unpaired) electrons. The van der Waals surface area contributed by atoms with Gasteiger partial charge >= 0.3 is 0 Å². The van der Waals surface area contributed by atoms with Crippen LogP contribution >= 0.6 is 0 Å². The van der Waals surface area contributed by atoms with Crippen molar-refractivity contribution in [3.8, 4) is 5.75 Å². The van der Waals surface area contributed by atoms with E-state index in [1.54, 1.807) is 6.20 Å². The van der Waals surface area contributed by atoms with E-state index in [0.29, 0.717) is 12.5 Å². The Bertz CT molecular complexity index is 511. The molecule has 0 spiro atoms. The van der Waals surface area contributed by atoms with Gasteiger partial charge in [-0.15, -0.1) is 0 Å². The van der Waals surface area contributed by atoms with E-state index < -0.39 is 0 Å². The van der Waals surface area contributed by atoms with E-state index in [0.717, 1.165) is 24.5 Å². The van der Waals surface area contributed by atoms with E-state index in [-0.39, 0.29) is 0 Å². The van der Waals surface area contributed by atoms with Crippen molar-refractivity contribution in [3.63, 3.8) is 0 Å². The van der Waals surface area contributed by atoms with Crippen molar-refractivity contribution >= 4 is 0 Å². The summed E-state index contributed by atoms with van der Waals surface area (Å²) in [6.45, 7) is 6.75. The van der Waals surface area contributed by atoms with Crippen molar-refractivity contribution in [2.24, 2.45) is 5.92 Å². The van der Waals surface area contributed by atoms with Gasteiger partial charge in [-0.3, -0.25) is 4.98 Å². The number of hydrogen-bond acceptors (Lipinski definition) is 3. The lowest BCUT2D eigenvalue weighted by Gasteiger charge is -2.09. The summed E-state index contributed by atoms with van der Waals surface area (Å²) in [5.74, 6) is 1.51. The maximum atomic E-state index is 5.79. The molecule has 3 heteroatoms. The van der Waals surface area contributed by atoms with E-state index in [2.05, 4.69) is 36.3 Å². The smallest absolute Gasteiger partial charge is 0.123 e. The number of nitrogens with one attached hydrogen (secondary N) is 1. The van der Waals surface area contributed by atoms with Gasteiger partial charge in [0.1, 0.15) is 12.4 Å². The fourth-order valence-corrected chi connectivity index (χ4v) is 1.87. The molecule has 1 aromatic heterocycles. The van der Waals surface area contributed by atoms with Gasteiger partial charge in [-0.1, -0.05) is 44.2 Å². The zero-order valence-corrected chi connectivity index (χ0v) is 12.2. The van der Waals surface area contributed by atoms with Gasteiger partial charge in [0.2, 0.25) is 0 Å². The number of ether oxygens (including phenoxy) is 1. The van der Waals surface area contributed by atoms with Gasteiger partial charge in [0, 0.05) is 18.8 Å². The topological polar surface area (TPSA) is 34.1 Å². The van der Waals surface area contributed by atoms with E-state index in [1.165, 1.54) is 5.56 Å². The highest BCUT2D eigenvalue weighted by Gasteiger charge is 2.00. The van der Waals surface area contributed by atoms with Gasteiger partial charge in [0.15, 0.2) is 0 Å². The van der Waals surface area contributed by atoms with Crippen LogP contribution in [-0.4, -0.2) is 11.5 Å². The lowest BCUT2D eigenvalue weighted by molar-refractivity contribution is 0.305. The molecule has 0 aliphatic carbocycles. The van der Waals surface area contributed by atoms with Crippen LogP contribution in [0, 0.1) is 5.92 Å². The number of nitrogens with zero attached hydrogens (tertiary/aromatic N) is 1. The summed E-state index contributed by atoms with van der Waals surface area (Å²) >= 11 is 0. The van der Waals surface area contributed by atoms with Gasteiger partial charge in [-0.25, -0.2) is 0 Å². The van der Waals surface area contributed by atoms with Crippen molar-refractivity contribution in [1.29, 1.82) is 0 Å². The number of aromatic nitrogens is 1. The zero-order chi connectivity index (χ0) is 14.2. The van der Waals surface area contributed by atoms with Gasteiger partial charge in [-0.2, -0.15) is 0 Å². The molecule has 0 saturated carbocycles. The molecule has 2 rings (SSSR count). The second-order valence-electron chi connectivity index (χ2n) is 5.28. The Labute approximate surface area is 121 Å². The summed E-state index contributed by atoms with van der Waals surface area (Å²) in [6.07, 6.45) is 1.80. The van der Waals surface area contributed by atoms with Crippen molar-refractivity contribution in [3.05, 3.63) is 59.9 Å². The quantitative estimate of drug-likeness (QED) is 0.837. The van der Waals surface area contributed by atoms with Gasteiger partial charge in [-0.05, 0) is 24.1 Å². The Hall–Kier alpha value is -1.87. The second-order valence-corrected chi connectivity index (χ2v) is 5.28. The van der Waals surface area contributed by atoms with Crippen molar-refractivity contribution in [2.75, 3.05) is 6.54 Å². The predicted octanol–water partition coefficient (Wildman–Crippen LogP) is 3.41. The first-order valence-corrected chi connectivity index (χ1v) is 7.06. The monoisotopic (exact) mass is 270 g/mol. The largest absolute Gasteiger partial charge is 0.489 e. The lowest BCUT2D eigenvalue weighted by atomic mass is 10.2. The summed E-state index contributed by atoms with van der Waals surface area (Å²) < 4.78 is 5.79. The SMILES string of the molecule is CC(C)CNCc1cc(OCc2ccccc2)ccn1. The van der Waals surface area contributed by atoms with Crippen LogP contribution in [0.25, 0.3) is 0 Å². The summed E-state index contributed by atoms with van der Waals surface area (Å²) in [7, 11) is 0. The second kappa shape index (κ2) is 7.65. The number of pyridine rings is 1. The minimum Gasteiger partial charge on any atom is -0.489 e. The summed E-state index contributed by atoms with van der Waals surface area (Å²) in [5, 5.41) is 3.38. The van der Waals surface area contributed by atoms with Crippen LogP contribution in [0.5, 0.6) is 5.75 Å². The molecule has 3 nitrogen and oxygen atoms in total. The first kappa shape index (κ1) is 14.5. The Kier molecular flexibility index (Phi) is 5.56. The van der Waals surface area contributed by atoms with Crippen LogP contribution in [0.15, 0.2) is 48.7 Å². The van der Waals surface area contributed by atoms with Gasteiger partial charge in [0.25, 0.3) is 0 Å². The number of rotatable bonds is 7. The first-order chi connectivity index (χ1) is 9.74. The van der Waals surface area contributed by atoms with Crippen molar-refractivity contribution < 1.29 is 4.74 Å². The van der Waals surface area contributed by atoms with Crippen LogP contribution in [-0.2, 0) is 13.2 Å². The normalized spacial score (nSPS) is 10.8. The molecule has 0 amide bonds. The first-order valence-electron chi connectivity index (χ1n) is 7.06. The molecule has 0 aliphatic rings. The van der Waals surface area contributed by atoms with Crippen LogP contribution in [0.2, 0.25) is 0 Å². The molecule has 20 heavy (non-hydrogen) atoms. The molecule has 0 atom stereocenters. The van der Waals surface area contributed by atoms with E-state index in [1.807, 2.05) is 30.3 Å². The highest BCUT2D eigenvalue weighted by Crippen LogP contribution is 2.13. The average Bonchev–Trinajstić information content (AvgIpc) is 2.46. The van der Waals surface area contributed by atoms with E-state index in [4.69, 9.17) is 4.74 Å². The van der Waals surface area contributed by atoms with Crippen LogP contribution in [0.1, 0.15) is 25.1 Å². The van der Waals surface area contributed by atoms with Gasteiger partial charge < -0.3 is 10.1 Å². The minimum atomic E-state index is 0.587. The molecule has 2 aromatic rings. The summed E-state index contributed by atoms with van der Waals surface area (Å²) in [6, 6.07) is 14.1. The standard InChI is InChI=1S/C17H22N2O/c1-14(2)11-18-12-16-10-17(8-9-19-16)20-13-15-6-4-3-5-7-15/h3-10,14,18H,11-13H2,1-2H3. The molecule has 0 aliphatic heterocycles. The van der Waals surface area contributed by atoms with Gasteiger partial charge in [0.05, 0.1) is 5.69 Å². The molecule has 1 heterocycles. The summed E-state index contributed by atoms with van der Waals surface area (Å²) in [5.41, 5.74) is 2.18.